The molecule has 12 heavy (non-hydrogen) atoms. The molecule has 1 heterocycles. The number of ether oxygens (including phenoxy) is 1. The van der Waals surface area contributed by atoms with Crippen molar-refractivity contribution >= 4 is 0 Å². The summed E-state index contributed by atoms with van der Waals surface area (Å²) in [6, 6.07) is 0. The standard InChI is InChI=1S/C9H20N2O/c1-12-7-4-9(8-10)2-5-11-6-3-9/h11H,2-8,10H2,1H3. The molecule has 3 N–H and O–H groups in total. The first-order chi connectivity index (χ1) is 5.83. The third-order valence-corrected chi connectivity index (χ3v) is 2.93. The van der Waals surface area contributed by atoms with Crippen molar-refractivity contribution < 1.29 is 4.74 Å². The molecule has 3 heteroatoms. The second-order valence-electron chi connectivity index (χ2n) is 3.70. The highest BCUT2D eigenvalue weighted by Crippen LogP contribution is 2.30. The van der Waals surface area contributed by atoms with E-state index in [0.717, 1.165) is 32.7 Å². The van der Waals surface area contributed by atoms with Crippen LogP contribution in [-0.2, 0) is 4.74 Å². The van der Waals surface area contributed by atoms with Gasteiger partial charge in [-0.1, -0.05) is 0 Å². The first-order valence-electron chi connectivity index (χ1n) is 4.73. The Morgan fingerprint density at radius 2 is 2.08 bits per heavy atom. The molecule has 0 saturated carbocycles. The minimum atomic E-state index is 0.362. The number of rotatable bonds is 4. The lowest BCUT2D eigenvalue weighted by Gasteiger charge is -2.36. The van der Waals surface area contributed by atoms with Gasteiger partial charge in [0.25, 0.3) is 0 Å². The van der Waals surface area contributed by atoms with E-state index in [9.17, 15) is 0 Å². The fourth-order valence-electron chi connectivity index (χ4n) is 1.83. The van der Waals surface area contributed by atoms with Crippen LogP contribution in [0.3, 0.4) is 0 Å². The Morgan fingerprint density at radius 1 is 1.42 bits per heavy atom. The van der Waals surface area contributed by atoms with Gasteiger partial charge >= 0.3 is 0 Å². The van der Waals surface area contributed by atoms with Crippen LogP contribution in [0.5, 0.6) is 0 Å². The average Bonchev–Trinajstić information content (AvgIpc) is 2.16. The van der Waals surface area contributed by atoms with Gasteiger partial charge in [0, 0.05) is 13.7 Å². The summed E-state index contributed by atoms with van der Waals surface area (Å²) >= 11 is 0. The molecule has 1 aliphatic heterocycles. The molecule has 0 aromatic carbocycles. The molecule has 1 aliphatic rings. The van der Waals surface area contributed by atoms with E-state index in [1.165, 1.54) is 12.8 Å². The Labute approximate surface area is 74.7 Å². The molecule has 0 unspecified atom stereocenters. The van der Waals surface area contributed by atoms with E-state index < -0.39 is 0 Å². The number of nitrogens with two attached hydrogens (primary N) is 1. The largest absolute Gasteiger partial charge is 0.385 e. The zero-order valence-electron chi connectivity index (χ0n) is 7.94. The molecule has 0 spiro atoms. The number of hydrogen-bond donors (Lipinski definition) is 2. The van der Waals surface area contributed by atoms with Gasteiger partial charge in [0.2, 0.25) is 0 Å². The van der Waals surface area contributed by atoms with Gasteiger partial charge in [-0.05, 0) is 44.3 Å². The predicted molar refractivity (Wildman–Crippen MR) is 50.1 cm³/mol. The quantitative estimate of drug-likeness (QED) is 0.643. The number of piperidine rings is 1. The second-order valence-corrected chi connectivity index (χ2v) is 3.70. The van der Waals surface area contributed by atoms with Crippen molar-refractivity contribution in [1.29, 1.82) is 0 Å². The number of hydrogen-bond acceptors (Lipinski definition) is 3. The van der Waals surface area contributed by atoms with Crippen LogP contribution in [-0.4, -0.2) is 33.4 Å². The summed E-state index contributed by atoms with van der Waals surface area (Å²) in [5, 5.41) is 3.35. The van der Waals surface area contributed by atoms with Gasteiger partial charge in [-0.15, -0.1) is 0 Å². The molecule has 3 nitrogen and oxygen atoms in total. The van der Waals surface area contributed by atoms with Gasteiger partial charge < -0.3 is 15.8 Å². The van der Waals surface area contributed by atoms with Crippen LogP contribution in [0.4, 0.5) is 0 Å². The van der Waals surface area contributed by atoms with Crippen molar-refractivity contribution in [3.05, 3.63) is 0 Å². The first kappa shape index (κ1) is 9.96. The molecular weight excluding hydrogens is 152 g/mol. The van der Waals surface area contributed by atoms with Crippen LogP contribution in [0.2, 0.25) is 0 Å². The summed E-state index contributed by atoms with van der Waals surface area (Å²) in [4.78, 5) is 0. The molecule has 0 amide bonds. The van der Waals surface area contributed by atoms with E-state index in [0.29, 0.717) is 5.41 Å². The molecule has 0 aromatic rings. The van der Waals surface area contributed by atoms with Crippen LogP contribution in [0.25, 0.3) is 0 Å². The molecule has 0 aliphatic carbocycles. The van der Waals surface area contributed by atoms with Crippen molar-refractivity contribution in [2.45, 2.75) is 19.3 Å². The molecule has 0 aromatic heterocycles. The normalized spacial score (nSPS) is 22.5. The molecule has 0 radical (unpaired) electrons. The summed E-state index contributed by atoms with van der Waals surface area (Å²) in [7, 11) is 1.76. The highest BCUT2D eigenvalue weighted by Gasteiger charge is 2.29. The van der Waals surface area contributed by atoms with Crippen molar-refractivity contribution in [2.24, 2.45) is 11.1 Å². The molecule has 1 rings (SSSR count). The Bertz CT molecular complexity index is 122. The maximum Gasteiger partial charge on any atom is 0.0468 e. The smallest absolute Gasteiger partial charge is 0.0468 e. The first-order valence-corrected chi connectivity index (χ1v) is 4.73. The summed E-state index contributed by atoms with van der Waals surface area (Å²) in [6.45, 7) is 3.87. The van der Waals surface area contributed by atoms with Crippen LogP contribution in [0.1, 0.15) is 19.3 Å². The highest BCUT2D eigenvalue weighted by molar-refractivity contribution is 4.85. The molecule has 0 bridgehead atoms. The lowest BCUT2D eigenvalue weighted by atomic mass is 9.76. The van der Waals surface area contributed by atoms with E-state index in [1.807, 2.05) is 0 Å². The van der Waals surface area contributed by atoms with Crippen molar-refractivity contribution in [1.82, 2.24) is 5.32 Å². The van der Waals surface area contributed by atoms with Crippen LogP contribution >= 0.6 is 0 Å². The fourth-order valence-corrected chi connectivity index (χ4v) is 1.83. The van der Waals surface area contributed by atoms with E-state index in [1.54, 1.807) is 7.11 Å². The molecular formula is C9H20N2O. The van der Waals surface area contributed by atoms with Crippen LogP contribution < -0.4 is 11.1 Å². The Morgan fingerprint density at radius 3 is 2.58 bits per heavy atom. The van der Waals surface area contributed by atoms with Crippen molar-refractivity contribution in [3.8, 4) is 0 Å². The topological polar surface area (TPSA) is 47.3 Å². The van der Waals surface area contributed by atoms with Gasteiger partial charge in [-0.2, -0.15) is 0 Å². The van der Waals surface area contributed by atoms with Gasteiger partial charge in [-0.25, -0.2) is 0 Å². The summed E-state index contributed by atoms with van der Waals surface area (Å²) in [6.07, 6.45) is 3.52. The average molecular weight is 172 g/mol. The monoisotopic (exact) mass is 172 g/mol. The number of methoxy groups -OCH3 is 1. The van der Waals surface area contributed by atoms with Crippen molar-refractivity contribution in [2.75, 3.05) is 33.4 Å². The van der Waals surface area contributed by atoms with Crippen LogP contribution in [0.15, 0.2) is 0 Å². The third kappa shape index (κ3) is 2.44. The SMILES string of the molecule is COCCC1(CN)CCNCC1. The second kappa shape index (κ2) is 4.80. The van der Waals surface area contributed by atoms with E-state index >= 15 is 0 Å². The zero-order valence-corrected chi connectivity index (χ0v) is 7.94. The summed E-state index contributed by atoms with van der Waals surface area (Å²) < 4.78 is 5.10. The summed E-state index contributed by atoms with van der Waals surface area (Å²) in [5.74, 6) is 0. The minimum Gasteiger partial charge on any atom is -0.385 e. The highest BCUT2D eigenvalue weighted by atomic mass is 16.5. The van der Waals surface area contributed by atoms with Crippen molar-refractivity contribution in [3.63, 3.8) is 0 Å². The Balaban J connectivity index is 2.37. The van der Waals surface area contributed by atoms with E-state index in [2.05, 4.69) is 5.32 Å². The summed E-state index contributed by atoms with van der Waals surface area (Å²) in [5.41, 5.74) is 6.16. The minimum absolute atomic E-state index is 0.362. The Kier molecular flexibility index (Phi) is 3.98. The maximum absolute atomic E-state index is 5.80. The van der Waals surface area contributed by atoms with Crippen LogP contribution in [0, 0.1) is 5.41 Å². The third-order valence-electron chi connectivity index (χ3n) is 2.93. The van der Waals surface area contributed by atoms with Gasteiger partial charge in [0.15, 0.2) is 0 Å². The fraction of sp³-hybridized carbons (Fsp3) is 1.00. The van der Waals surface area contributed by atoms with E-state index in [-0.39, 0.29) is 0 Å². The van der Waals surface area contributed by atoms with Gasteiger partial charge in [0.1, 0.15) is 0 Å². The maximum atomic E-state index is 5.80. The van der Waals surface area contributed by atoms with E-state index in [4.69, 9.17) is 10.5 Å². The molecule has 1 saturated heterocycles. The predicted octanol–water partition coefficient (Wildman–Crippen LogP) is 0.351. The lowest BCUT2D eigenvalue weighted by molar-refractivity contribution is 0.114. The zero-order chi connectivity index (χ0) is 8.86. The lowest BCUT2D eigenvalue weighted by Crippen LogP contribution is -2.42. The number of nitrogens with one attached hydrogen (secondary N) is 1. The van der Waals surface area contributed by atoms with Gasteiger partial charge in [0.05, 0.1) is 0 Å². The molecule has 72 valence electrons. The molecule has 0 atom stereocenters. The van der Waals surface area contributed by atoms with Gasteiger partial charge in [-0.3, -0.25) is 0 Å². The Hall–Kier alpha value is -0.120. The molecule has 1 fully saturated rings.